The zero-order valence-electron chi connectivity index (χ0n) is 5.16. The van der Waals surface area contributed by atoms with Crippen LogP contribution in [0.2, 0.25) is 0 Å². The van der Waals surface area contributed by atoms with E-state index in [2.05, 4.69) is 21.8 Å². The molecule has 0 aliphatic heterocycles. The summed E-state index contributed by atoms with van der Waals surface area (Å²) in [5, 5.41) is 0. The monoisotopic (exact) mass is 123 g/mol. The molecule has 0 N–H and O–H groups in total. The second kappa shape index (κ2) is 2.44. The van der Waals surface area contributed by atoms with Gasteiger partial charge in [-0.15, -0.1) is 0 Å². The molecule has 1 radical (unpaired) electrons. The van der Waals surface area contributed by atoms with Gasteiger partial charge in [0.05, 0.1) is 0 Å². The maximum atomic E-state index is 4.50. The molecule has 3 nitrogen and oxygen atoms in total. The lowest BCUT2D eigenvalue weighted by Gasteiger charge is -1.93. The Hall–Kier alpha value is -1.12. The lowest BCUT2D eigenvalue weighted by atomic mass is 10.4. The Labute approximate surface area is 53.7 Å². The summed E-state index contributed by atoms with van der Waals surface area (Å²) < 4.78 is 4.50. The molecule has 0 aliphatic carbocycles. The van der Waals surface area contributed by atoms with Crippen LogP contribution in [0.15, 0.2) is 12.4 Å². The molecule has 1 heterocycles. The van der Waals surface area contributed by atoms with Gasteiger partial charge in [-0.05, 0) is 12.5 Å². The fourth-order valence-corrected chi connectivity index (χ4v) is 0.455. The van der Waals surface area contributed by atoms with Gasteiger partial charge in [-0.1, -0.05) is 0 Å². The lowest BCUT2D eigenvalue weighted by molar-refractivity contribution is 0.432. The minimum absolute atomic E-state index is 0.306. The third-order valence-electron chi connectivity index (χ3n) is 0.886. The van der Waals surface area contributed by atoms with E-state index in [0.717, 1.165) is 5.56 Å². The molecule has 1 aromatic heterocycles. The zero-order valence-corrected chi connectivity index (χ0v) is 5.16. The molecule has 0 fully saturated rings. The summed E-state index contributed by atoms with van der Waals surface area (Å²) in [4.78, 5) is 7.60. The molecule has 47 valence electrons. The number of ether oxygens (including phenoxy) is 1. The third kappa shape index (κ3) is 1.38. The van der Waals surface area contributed by atoms with Gasteiger partial charge in [0.15, 0.2) is 0 Å². The fourth-order valence-electron chi connectivity index (χ4n) is 0.455. The first-order valence-electron chi connectivity index (χ1n) is 2.53. The van der Waals surface area contributed by atoms with E-state index in [1.165, 1.54) is 0 Å². The molecule has 0 aliphatic rings. The van der Waals surface area contributed by atoms with Gasteiger partial charge in [-0.3, -0.25) is 0 Å². The normalized spacial score (nSPS) is 9.11. The molecule has 1 aromatic rings. The van der Waals surface area contributed by atoms with Crippen LogP contribution in [0.3, 0.4) is 0 Å². The first-order valence-corrected chi connectivity index (χ1v) is 2.53. The number of hydrogen-bond acceptors (Lipinski definition) is 3. The standard InChI is InChI=1S/C6H7N2O/c1-5-3-7-6(9-2)8-4-5/h3-4H,2H2,1H3. The molecule has 0 bridgehead atoms. The van der Waals surface area contributed by atoms with Gasteiger partial charge >= 0.3 is 6.01 Å². The molecule has 0 atom stereocenters. The van der Waals surface area contributed by atoms with Crippen LogP contribution in [0.5, 0.6) is 6.01 Å². The van der Waals surface area contributed by atoms with Crippen LogP contribution in [-0.4, -0.2) is 9.97 Å². The Morgan fingerprint density at radius 2 is 2.00 bits per heavy atom. The Kier molecular flexibility index (Phi) is 1.63. The fraction of sp³-hybridized carbons (Fsp3) is 0.167. The molecule has 0 amide bonds. The number of rotatable bonds is 1. The van der Waals surface area contributed by atoms with Crippen molar-refractivity contribution in [2.75, 3.05) is 0 Å². The highest BCUT2D eigenvalue weighted by molar-refractivity contribution is 5.04. The highest BCUT2D eigenvalue weighted by Gasteiger charge is 1.89. The highest BCUT2D eigenvalue weighted by Crippen LogP contribution is 1.98. The molecule has 0 unspecified atom stereocenters. The Bertz CT molecular complexity index is 183. The first kappa shape index (κ1) is 6.01. The Morgan fingerprint density at radius 1 is 1.44 bits per heavy atom. The van der Waals surface area contributed by atoms with Gasteiger partial charge in [0.25, 0.3) is 0 Å². The van der Waals surface area contributed by atoms with Crippen molar-refractivity contribution in [2.24, 2.45) is 0 Å². The summed E-state index contributed by atoms with van der Waals surface area (Å²) >= 11 is 0. The Morgan fingerprint density at radius 3 is 2.44 bits per heavy atom. The topological polar surface area (TPSA) is 35.0 Å². The number of hydrogen-bond donors (Lipinski definition) is 0. The first-order chi connectivity index (χ1) is 4.33. The van der Waals surface area contributed by atoms with Crippen LogP contribution in [0.4, 0.5) is 0 Å². The van der Waals surface area contributed by atoms with E-state index in [1.54, 1.807) is 12.4 Å². The van der Waals surface area contributed by atoms with Crippen molar-refractivity contribution in [3.05, 3.63) is 25.1 Å². The summed E-state index contributed by atoms with van der Waals surface area (Å²) in [6.07, 6.45) is 3.35. The molecule has 0 saturated carbocycles. The van der Waals surface area contributed by atoms with Gasteiger partial charge < -0.3 is 4.74 Å². The zero-order chi connectivity index (χ0) is 6.69. The number of nitrogens with zero attached hydrogens (tertiary/aromatic N) is 2. The van der Waals surface area contributed by atoms with E-state index < -0.39 is 0 Å². The maximum absolute atomic E-state index is 4.50. The van der Waals surface area contributed by atoms with Crippen LogP contribution in [0.1, 0.15) is 5.56 Å². The van der Waals surface area contributed by atoms with E-state index in [9.17, 15) is 0 Å². The molecular formula is C6H7N2O. The smallest absolute Gasteiger partial charge is 0.316 e. The van der Waals surface area contributed by atoms with Gasteiger partial charge in [0.2, 0.25) is 0 Å². The molecule has 9 heavy (non-hydrogen) atoms. The predicted molar refractivity (Wildman–Crippen MR) is 32.8 cm³/mol. The van der Waals surface area contributed by atoms with Crippen LogP contribution in [-0.2, 0) is 0 Å². The molecule has 0 aromatic carbocycles. The second-order valence-corrected chi connectivity index (χ2v) is 1.69. The van der Waals surface area contributed by atoms with Crippen molar-refractivity contribution in [1.82, 2.24) is 9.97 Å². The summed E-state index contributed by atoms with van der Waals surface area (Å²) in [6, 6.07) is 0.306. The Balaban J connectivity index is 2.88. The summed E-state index contributed by atoms with van der Waals surface area (Å²) in [5.41, 5.74) is 1.01. The maximum Gasteiger partial charge on any atom is 0.316 e. The van der Waals surface area contributed by atoms with Gasteiger partial charge in [-0.25, -0.2) is 9.97 Å². The van der Waals surface area contributed by atoms with Gasteiger partial charge in [0.1, 0.15) is 7.11 Å². The van der Waals surface area contributed by atoms with E-state index in [1.807, 2.05) is 6.92 Å². The predicted octanol–water partition coefficient (Wildman–Crippen LogP) is 0.955. The van der Waals surface area contributed by atoms with Crippen LogP contribution in [0.25, 0.3) is 0 Å². The van der Waals surface area contributed by atoms with Crippen molar-refractivity contribution < 1.29 is 4.74 Å². The van der Waals surface area contributed by atoms with Crippen LogP contribution in [0, 0.1) is 14.0 Å². The minimum Gasteiger partial charge on any atom is -0.460 e. The largest absolute Gasteiger partial charge is 0.460 e. The third-order valence-corrected chi connectivity index (χ3v) is 0.886. The summed E-state index contributed by atoms with van der Waals surface area (Å²) in [7, 11) is 3.16. The minimum atomic E-state index is 0.306. The quantitative estimate of drug-likeness (QED) is 0.557. The van der Waals surface area contributed by atoms with Gasteiger partial charge in [0, 0.05) is 12.4 Å². The molecule has 3 heteroatoms. The second-order valence-electron chi connectivity index (χ2n) is 1.69. The molecule has 0 spiro atoms. The van der Waals surface area contributed by atoms with Gasteiger partial charge in [-0.2, -0.15) is 0 Å². The van der Waals surface area contributed by atoms with Crippen molar-refractivity contribution in [2.45, 2.75) is 6.92 Å². The van der Waals surface area contributed by atoms with Crippen molar-refractivity contribution in [3.8, 4) is 6.01 Å². The lowest BCUT2D eigenvalue weighted by Crippen LogP contribution is -1.88. The average molecular weight is 123 g/mol. The van der Waals surface area contributed by atoms with Crippen molar-refractivity contribution in [1.29, 1.82) is 0 Å². The number of aryl methyl sites for hydroxylation is 1. The van der Waals surface area contributed by atoms with Crippen molar-refractivity contribution in [3.63, 3.8) is 0 Å². The van der Waals surface area contributed by atoms with E-state index in [4.69, 9.17) is 0 Å². The van der Waals surface area contributed by atoms with Crippen LogP contribution < -0.4 is 4.74 Å². The summed E-state index contributed by atoms with van der Waals surface area (Å²) in [5.74, 6) is 0. The molecular weight excluding hydrogens is 116 g/mol. The van der Waals surface area contributed by atoms with Crippen molar-refractivity contribution >= 4 is 0 Å². The van der Waals surface area contributed by atoms with E-state index in [0.29, 0.717) is 6.01 Å². The van der Waals surface area contributed by atoms with E-state index in [-0.39, 0.29) is 0 Å². The summed E-state index contributed by atoms with van der Waals surface area (Å²) in [6.45, 7) is 1.91. The molecule has 1 rings (SSSR count). The molecule has 0 saturated heterocycles. The SMILES string of the molecule is [CH2]Oc1ncc(C)cn1. The average Bonchev–Trinajstić information content (AvgIpc) is 1.90. The number of aromatic nitrogens is 2. The van der Waals surface area contributed by atoms with E-state index >= 15 is 0 Å². The van der Waals surface area contributed by atoms with Crippen LogP contribution >= 0.6 is 0 Å². The highest BCUT2D eigenvalue weighted by atomic mass is 16.5.